The Labute approximate surface area is 107 Å². The van der Waals surface area contributed by atoms with E-state index >= 15 is 0 Å². The zero-order chi connectivity index (χ0) is 11.2. The van der Waals surface area contributed by atoms with Crippen molar-refractivity contribution in [1.82, 2.24) is 4.98 Å². The van der Waals surface area contributed by atoms with Crippen LogP contribution in [0.25, 0.3) is 0 Å². The van der Waals surface area contributed by atoms with E-state index in [2.05, 4.69) is 17.1 Å². The zero-order valence-corrected chi connectivity index (χ0v) is 11.2. The number of halogens is 1. The van der Waals surface area contributed by atoms with Crippen molar-refractivity contribution in [2.45, 2.75) is 10.7 Å². The van der Waals surface area contributed by atoms with E-state index in [4.69, 9.17) is 11.6 Å². The van der Waals surface area contributed by atoms with E-state index in [9.17, 15) is 0 Å². The van der Waals surface area contributed by atoms with Crippen LogP contribution in [-0.2, 0) is 6.42 Å². The number of pyridine rings is 1. The van der Waals surface area contributed by atoms with E-state index in [0.29, 0.717) is 0 Å². The minimum absolute atomic E-state index is 0.171. The second kappa shape index (κ2) is 6.05. The van der Waals surface area contributed by atoms with Crippen molar-refractivity contribution in [3.63, 3.8) is 0 Å². The molecule has 0 bridgehead atoms. The van der Waals surface area contributed by atoms with Crippen LogP contribution in [-0.4, -0.2) is 24.2 Å². The zero-order valence-electron chi connectivity index (χ0n) is 8.71. The summed E-state index contributed by atoms with van der Waals surface area (Å²) >= 11 is 6.57. The molecule has 0 saturated carbocycles. The van der Waals surface area contributed by atoms with Gasteiger partial charge in [0.25, 0.3) is 0 Å². The Hall–Kier alpha value is -0.821. The molecule has 0 spiro atoms. The van der Waals surface area contributed by atoms with Crippen LogP contribution in [0.2, 0.25) is 0 Å². The minimum atomic E-state index is 0.171. The van der Waals surface area contributed by atoms with Crippen LogP contribution in [0.5, 0.6) is 0 Å². The van der Waals surface area contributed by atoms with E-state index < -0.39 is 0 Å². The van der Waals surface area contributed by atoms with Gasteiger partial charge < -0.3 is 0 Å². The van der Waals surface area contributed by atoms with Gasteiger partial charge >= 0.3 is 107 Å². The third-order valence-corrected chi connectivity index (χ3v) is 4.64. The molecule has 1 aromatic heterocycles. The maximum atomic E-state index is 6.34. The first kappa shape index (κ1) is 11.7. The molecule has 1 atom stereocenters. The van der Waals surface area contributed by atoms with Crippen LogP contribution in [0.4, 0.5) is 0 Å². The number of aromatic nitrogens is 1. The maximum absolute atomic E-state index is 6.34. The summed E-state index contributed by atoms with van der Waals surface area (Å²) in [6, 6.07) is 16.3. The summed E-state index contributed by atoms with van der Waals surface area (Å²) in [7, 11) is 0. The average Bonchev–Trinajstić information content (AvgIpc) is 2.31. The molecule has 0 aliphatic heterocycles. The van der Waals surface area contributed by atoms with E-state index in [1.165, 1.54) is 5.56 Å². The summed E-state index contributed by atoms with van der Waals surface area (Å²) in [5.74, 6) is 0. The molecule has 0 aliphatic carbocycles. The molecule has 0 fully saturated rings. The first-order valence-corrected chi connectivity index (χ1v) is 7.38. The molecule has 1 unspecified atom stereocenters. The summed E-state index contributed by atoms with van der Waals surface area (Å²) in [5, 5.41) is 0. The number of hydrogen-bond acceptors (Lipinski definition) is 1. The number of alkyl halides is 1. The second-order valence-corrected chi connectivity index (χ2v) is 7.07. The van der Waals surface area contributed by atoms with E-state index in [-0.39, 0.29) is 19.2 Å². The average molecular weight is 297 g/mol. The molecule has 2 aromatic rings. The Morgan fingerprint density at radius 1 is 1.06 bits per heavy atom. The normalized spacial score (nSPS) is 12.3. The predicted molar refractivity (Wildman–Crippen MR) is 69.4 cm³/mol. The molecule has 0 amide bonds. The van der Waals surface area contributed by atoms with E-state index in [0.717, 1.165) is 11.0 Å². The van der Waals surface area contributed by atoms with Gasteiger partial charge in [-0.25, -0.2) is 0 Å². The van der Waals surface area contributed by atoms with Crippen molar-refractivity contribution in [3.8, 4) is 0 Å². The van der Waals surface area contributed by atoms with Crippen molar-refractivity contribution >= 4 is 31.2 Å². The van der Waals surface area contributed by atoms with Crippen LogP contribution < -0.4 is 4.59 Å². The monoisotopic (exact) mass is 297 g/mol. The molecule has 0 N–H and O–H groups in total. The van der Waals surface area contributed by atoms with Crippen LogP contribution >= 0.6 is 11.6 Å². The Bertz CT molecular complexity index is 377. The second-order valence-electron chi connectivity index (χ2n) is 3.39. The summed E-state index contributed by atoms with van der Waals surface area (Å²) < 4.78 is 1.29. The van der Waals surface area contributed by atoms with Crippen molar-refractivity contribution < 1.29 is 0 Å². The molecule has 2 rings (SSSR count). The summed E-state index contributed by atoms with van der Waals surface area (Å²) in [6.07, 6.45) is 2.74. The van der Waals surface area contributed by atoms with Gasteiger partial charge in [-0.05, 0) is 0 Å². The number of nitrogens with zero attached hydrogens (tertiary/aromatic N) is 1. The van der Waals surface area contributed by atoms with Gasteiger partial charge in [0.1, 0.15) is 0 Å². The molecule has 1 nitrogen and oxygen atoms in total. The first-order chi connectivity index (χ1) is 7.84. The molecule has 1 aromatic carbocycles. The quantitative estimate of drug-likeness (QED) is 0.623. The Morgan fingerprint density at radius 3 is 2.50 bits per heavy atom. The van der Waals surface area contributed by atoms with Crippen molar-refractivity contribution in [2.75, 3.05) is 0 Å². The van der Waals surface area contributed by atoms with Crippen molar-refractivity contribution in [3.05, 3.63) is 60.3 Å². The molecule has 0 radical (unpaired) electrons. The topological polar surface area (TPSA) is 12.9 Å². The predicted octanol–water partition coefficient (Wildman–Crippen LogP) is 2.22. The van der Waals surface area contributed by atoms with E-state index in [1.807, 2.05) is 42.6 Å². The fraction of sp³-hybridized carbons (Fsp3) is 0.154. The summed E-state index contributed by atoms with van der Waals surface area (Å²) in [4.78, 5) is 4.30. The van der Waals surface area contributed by atoms with E-state index in [1.54, 1.807) is 0 Å². The number of benzene rings is 1. The number of rotatable bonds is 4. The van der Waals surface area contributed by atoms with Crippen molar-refractivity contribution in [1.29, 1.82) is 0 Å². The van der Waals surface area contributed by atoms with Gasteiger partial charge in [-0.3, -0.25) is 0 Å². The summed E-state index contributed by atoms with van der Waals surface area (Å²) in [5.41, 5.74) is 1.29. The van der Waals surface area contributed by atoms with Gasteiger partial charge in [-0.15, -0.1) is 0 Å². The van der Waals surface area contributed by atoms with Crippen LogP contribution in [0, 0.1) is 0 Å². The van der Waals surface area contributed by atoms with Gasteiger partial charge in [0.2, 0.25) is 0 Å². The molecule has 82 valence electrons. The van der Waals surface area contributed by atoms with Gasteiger partial charge in [0.05, 0.1) is 0 Å². The van der Waals surface area contributed by atoms with Crippen LogP contribution in [0.3, 0.4) is 0 Å². The van der Waals surface area contributed by atoms with Gasteiger partial charge in [-0.2, -0.15) is 0 Å². The molecule has 0 saturated heterocycles. The van der Waals surface area contributed by atoms with Gasteiger partial charge in [0.15, 0.2) is 0 Å². The molecular weight excluding hydrogens is 285 g/mol. The molecule has 16 heavy (non-hydrogen) atoms. The molecule has 3 heteroatoms. The standard InChI is InChI=1S/C13H12ClNSe/c14-12(10-11-6-2-1-3-7-11)16-13-8-4-5-9-15-13/h1-9,12H,10H2. The number of hydrogen-bond donors (Lipinski definition) is 0. The molecular formula is C13H12ClNSe. The molecule has 0 aliphatic rings. The van der Waals surface area contributed by atoms with Gasteiger partial charge in [-0.1, -0.05) is 0 Å². The fourth-order valence-electron chi connectivity index (χ4n) is 1.39. The van der Waals surface area contributed by atoms with Gasteiger partial charge in [0, 0.05) is 0 Å². The third-order valence-electron chi connectivity index (χ3n) is 2.13. The SMILES string of the molecule is ClC(Cc1ccccc1)[Se]c1ccccn1. The third kappa shape index (κ3) is 3.64. The molecule has 1 heterocycles. The Morgan fingerprint density at radius 2 is 1.81 bits per heavy atom. The van der Waals surface area contributed by atoms with Crippen molar-refractivity contribution in [2.24, 2.45) is 0 Å². The van der Waals surface area contributed by atoms with Crippen LogP contribution in [0.15, 0.2) is 54.7 Å². The van der Waals surface area contributed by atoms with Crippen LogP contribution in [0.1, 0.15) is 5.56 Å². The Balaban J connectivity index is 1.92. The first-order valence-electron chi connectivity index (χ1n) is 5.10. The fourth-order valence-corrected chi connectivity index (χ4v) is 3.75. The summed E-state index contributed by atoms with van der Waals surface area (Å²) in [6.45, 7) is 0. The Kier molecular flexibility index (Phi) is 4.41.